The Hall–Kier alpha value is -0.350. The number of ketones is 1. The number of thiophene rings is 2. The minimum absolute atomic E-state index is 0.0538. The van der Waals surface area contributed by atoms with E-state index in [1.807, 2.05) is 17.7 Å². The summed E-state index contributed by atoms with van der Waals surface area (Å²) in [5.41, 5.74) is 2.17. The Bertz CT molecular complexity index is 513. The van der Waals surface area contributed by atoms with E-state index in [1.165, 1.54) is 22.7 Å². The van der Waals surface area contributed by atoms with Gasteiger partial charge in [0.05, 0.1) is 9.90 Å². The number of carbonyl (C=O) groups excluding carboxylic acids is 1. The second-order valence-electron chi connectivity index (χ2n) is 3.04. The van der Waals surface area contributed by atoms with E-state index >= 15 is 0 Å². The van der Waals surface area contributed by atoms with Crippen molar-refractivity contribution in [2.75, 3.05) is 0 Å². The van der Waals surface area contributed by atoms with Crippen LogP contribution in [0, 0.1) is 6.92 Å². The van der Waals surface area contributed by atoms with Crippen LogP contribution in [0.4, 0.5) is 0 Å². The molecule has 0 amide bonds. The molecule has 2 aromatic heterocycles. The topological polar surface area (TPSA) is 17.1 Å². The van der Waals surface area contributed by atoms with Crippen LogP contribution in [0.2, 0.25) is 8.67 Å². The summed E-state index contributed by atoms with van der Waals surface area (Å²) in [6.07, 6.45) is 0. The first kappa shape index (κ1) is 11.1. The van der Waals surface area contributed by atoms with Crippen molar-refractivity contribution in [1.29, 1.82) is 0 Å². The lowest BCUT2D eigenvalue weighted by Crippen LogP contribution is -2.00. The van der Waals surface area contributed by atoms with Gasteiger partial charge in [-0.05, 0) is 23.9 Å². The lowest BCUT2D eigenvalue weighted by molar-refractivity contribution is 0.103. The standard InChI is InChI=1S/C10H6Cl2OS2/c1-5-3-14-4-7(5)9(13)6-2-8(11)15-10(6)12/h2-4H,1H3. The molecule has 0 saturated carbocycles. The largest absolute Gasteiger partial charge is 0.288 e. The van der Waals surface area contributed by atoms with E-state index in [1.54, 1.807) is 6.07 Å². The van der Waals surface area contributed by atoms with Crippen LogP contribution >= 0.6 is 45.9 Å². The van der Waals surface area contributed by atoms with Crippen molar-refractivity contribution in [1.82, 2.24) is 0 Å². The zero-order chi connectivity index (χ0) is 11.0. The highest BCUT2D eigenvalue weighted by Gasteiger charge is 2.18. The molecule has 0 aliphatic heterocycles. The summed E-state index contributed by atoms with van der Waals surface area (Å²) in [5.74, 6) is -0.0538. The number of halogens is 2. The van der Waals surface area contributed by atoms with Crippen LogP contribution in [0.15, 0.2) is 16.8 Å². The highest BCUT2D eigenvalue weighted by molar-refractivity contribution is 7.20. The third-order valence-corrected chi connectivity index (χ3v) is 4.35. The van der Waals surface area contributed by atoms with Crippen LogP contribution in [-0.4, -0.2) is 5.78 Å². The molecule has 5 heteroatoms. The molecule has 0 N–H and O–H groups in total. The molecular formula is C10H6Cl2OS2. The molecule has 0 fully saturated rings. The smallest absolute Gasteiger partial charge is 0.196 e. The zero-order valence-corrected chi connectivity index (χ0v) is 10.9. The van der Waals surface area contributed by atoms with Crippen LogP contribution in [0.3, 0.4) is 0 Å². The molecule has 0 atom stereocenters. The van der Waals surface area contributed by atoms with Crippen molar-refractivity contribution in [3.05, 3.63) is 42.2 Å². The maximum atomic E-state index is 12.0. The van der Waals surface area contributed by atoms with Crippen LogP contribution in [0.1, 0.15) is 21.5 Å². The molecule has 0 spiro atoms. The first-order chi connectivity index (χ1) is 7.09. The lowest BCUT2D eigenvalue weighted by Gasteiger charge is -1.97. The van der Waals surface area contributed by atoms with Gasteiger partial charge in [0.1, 0.15) is 4.34 Å². The van der Waals surface area contributed by atoms with Gasteiger partial charge in [-0.1, -0.05) is 23.2 Å². The first-order valence-electron chi connectivity index (χ1n) is 4.12. The Balaban J connectivity index is 2.45. The molecule has 0 aliphatic carbocycles. The van der Waals surface area contributed by atoms with Crippen LogP contribution < -0.4 is 0 Å². The fourth-order valence-corrected chi connectivity index (χ4v) is 3.52. The maximum Gasteiger partial charge on any atom is 0.196 e. The summed E-state index contributed by atoms with van der Waals surface area (Å²) in [6.45, 7) is 1.91. The Labute approximate surface area is 105 Å². The lowest BCUT2D eigenvalue weighted by atomic mass is 10.1. The molecule has 2 rings (SSSR count). The van der Waals surface area contributed by atoms with Crippen molar-refractivity contribution in [3.8, 4) is 0 Å². The minimum Gasteiger partial charge on any atom is -0.288 e. The zero-order valence-electron chi connectivity index (χ0n) is 7.71. The Morgan fingerprint density at radius 1 is 1.27 bits per heavy atom. The molecule has 2 heterocycles. The predicted molar refractivity (Wildman–Crippen MR) is 66.8 cm³/mol. The van der Waals surface area contributed by atoms with Crippen molar-refractivity contribution >= 4 is 51.7 Å². The summed E-state index contributed by atoms with van der Waals surface area (Å²) >= 11 is 14.4. The van der Waals surface area contributed by atoms with Crippen molar-refractivity contribution in [2.24, 2.45) is 0 Å². The molecule has 0 bridgehead atoms. The van der Waals surface area contributed by atoms with Gasteiger partial charge in [-0.3, -0.25) is 4.79 Å². The van der Waals surface area contributed by atoms with Gasteiger partial charge in [-0.15, -0.1) is 11.3 Å². The average molecular weight is 277 g/mol. The third kappa shape index (κ3) is 2.11. The minimum atomic E-state index is -0.0538. The first-order valence-corrected chi connectivity index (χ1v) is 6.63. The quantitative estimate of drug-likeness (QED) is 0.730. The molecule has 0 aliphatic rings. The van der Waals surface area contributed by atoms with E-state index in [0.29, 0.717) is 19.8 Å². The Morgan fingerprint density at radius 3 is 2.47 bits per heavy atom. The molecule has 0 radical (unpaired) electrons. The number of aryl methyl sites for hydroxylation is 1. The molecule has 78 valence electrons. The van der Waals surface area contributed by atoms with Crippen LogP contribution in [-0.2, 0) is 0 Å². The van der Waals surface area contributed by atoms with Gasteiger partial charge in [-0.2, -0.15) is 11.3 Å². The van der Waals surface area contributed by atoms with Crippen molar-refractivity contribution < 1.29 is 4.79 Å². The summed E-state index contributed by atoms with van der Waals surface area (Å²) in [4.78, 5) is 12.0. The Kier molecular flexibility index (Phi) is 3.16. The second kappa shape index (κ2) is 4.26. The monoisotopic (exact) mass is 276 g/mol. The molecule has 0 saturated heterocycles. The van der Waals surface area contributed by atoms with Gasteiger partial charge >= 0.3 is 0 Å². The molecule has 2 aromatic rings. The van der Waals surface area contributed by atoms with E-state index in [4.69, 9.17) is 23.2 Å². The third-order valence-electron chi connectivity index (χ3n) is 2.00. The van der Waals surface area contributed by atoms with Gasteiger partial charge in [0.15, 0.2) is 5.78 Å². The predicted octanol–water partition coefficient (Wildman–Crippen LogP) is 4.66. The molecule has 0 aromatic carbocycles. The van der Waals surface area contributed by atoms with Gasteiger partial charge < -0.3 is 0 Å². The highest BCUT2D eigenvalue weighted by atomic mass is 35.5. The summed E-state index contributed by atoms with van der Waals surface area (Å²) in [5, 5.41) is 3.77. The van der Waals surface area contributed by atoms with Crippen molar-refractivity contribution in [2.45, 2.75) is 6.92 Å². The summed E-state index contributed by atoms with van der Waals surface area (Å²) in [6, 6.07) is 1.62. The van der Waals surface area contributed by atoms with Gasteiger partial charge in [0.2, 0.25) is 0 Å². The van der Waals surface area contributed by atoms with Crippen LogP contribution in [0.5, 0.6) is 0 Å². The van der Waals surface area contributed by atoms with E-state index in [0.717, 1.165) is 5.56 Å². The van der Waals surface area contributed by atoms with Gasteiger partial charge in [0, 0.05) is 10.9 Å². The molecule has 15 heavy (non-hydrogen) atoms. The molecule has 1 nitrogen and oxygen atoms in total. The fourth-order valence-electron chi connectivity index (χ4n) is 1.23. The number of hydrogen-bond donors (Lipinski definition) is 0. The number of carbonyl (C=O) groups is 1. The normalized spacial score (nSPS) is 10.6. The second-order valence-corrected chi connectivity index (χ2v) is 6.06. The summed E-state index contributed by atoms with van der Waals surface area (Å²) in [7, 11) is 0. The van der Waals surface area contributed by atoms with E-state index < -0.39 is 0 Å². The maximum absolute atomic E-state index is 12.0. The van der Waals surface area contributed by atoms with Gasteiger partial charge in [0.25, 0.3) is 0 Å². The van der Waals surface area contributed by atoms with Crippen molar-refractivity contribution in [3.63, 3.8) is 0 Å². The van der Waals surface area contributed by atoms with E-state index in [2.05, 4.69) is 0 Å². The fraction of sp³-hybridized carbons (Fsp3) is 0.100. The summed E-state index contributed by atoms with van der Waals surface area (Å²) < 4.78 is 0.992. The van der Waals surface area contributed by atoms with E-state index in [9.17, 15) is 4.79 Å². The average Bonchev–Trinajstić information content (AvgIpc) is 2.71. The number of rotatable bonds is 2. The Morgan fingerprint density at radius 2 is 2.00 bits per heavy atom. The SMILES string of the molecule is Cc1cscc1C(=O)c1cc(Cl)sc1Cl. The molecule has 0 unspecified atom stereocenters. The molecular weight excluding hydrogens is 271 g/mol. The number of hydrogen-bond acceptors (Lipinski definition) is 3. The highest BCUT2D eigenvalue weighted by Crippen LogP contribution is 2.33. The van der Waals surface area contributed by atoms with Crippen LogP contribution in [0.25, 0.3) is 0 Å². The van der Waals surface area contributed by atoms with E-state index in [-0.39, 0.29) is 5.78 Å². The van der Waals surface area contributed by atoms with Gasteiger partial charge in [-0.25, -0.2) is 0 Å².